The van der Waals surface area contributed by atoms with Crippen molar-refractivity contribution in [2.45, 2.75) is 27.7 Å². The van der Waals surface area contributed by atoms with Crippen LogP contribution in [0.1, 0.15) is 38.1 Å². The van der Waals surface area contributed by atoms with E-state index in [9.17, 15) is 9.59 Å². The molecular weight excluding hydrogens is 268 g/mol. The maximum Gasteiger partial charge on any atom is 0.335 e. The van der Waals surface area contributed by atoms with E-state index in [1.165, 1.54) is 12.1 Å². The SMILES string of the molecule is CC(C)CN(CC(C)C)C(=O)Nc1ccc(C(=O)O)cc1. The molecule has 0 atom stereocenters. The molecule has 0 saturated heterocycles. The second-order valence-electron chi connectivity index (χ2n) is 6.01. The first kappa shape index (κ1) is 17.0. The number of aromatic carboxylic acids is 1. The lowest BCUT2D eigenvalue weighted by Gasteiger charge is -2.26. The van der Waals surface area contributed by atoms with Crippen LogP contribution in [0, 0.1) is 11.8 Å². The summed E-state index contributed by atoms with van der Waals surface area (Å²) in [5, 5.41) is 11.7. The molecule has 0 aliphatic carbocycles. The molecular formula is C16H24N2O3. The molecule has 1 rings (SSSR count). The number of benzene rings is 1. The summed E-state index contributed by atoms with van der Waals surface area (Å²) in [6, 6.07) is 6.01. The monoisotopic (exact) mass is 292 g/mol. The van der Waals surface area contributed by atoms with Gasteiger partial charge in [-0.3, -0.25) is 0 Å². The molecule has 0 unspecified atom stereocenters. The molecule has 0 aliphatic heterocycles. The summed E-state index contributed by atoms with van der Waals surface area (Å²) in [6.07, 6.45) is 0. The van der Waals surface area contributed by atoms with Gasteiger partial charge in [0.1, 0.15) is 0 Å². The highest BCUT2D eigenvalue weighted by Gasteiger charge is 2.16. The van der Waals surface area contributed by atoms with Gasteiger partial charge in [-0.1, -0.05) is 27.7 Å². The highest BCUT2D eigenvalue weighted by atomic mass is 16.4. The summed E-state index contributed by atoms with van der Waals surface area (Å²) in [7, 11) is 0. The lowest BCUT2D eigenvalue weighted by atomic mass is 10.1. The van der Waals surface area contributed by atoms with Crippen molar-refractivity contribution in [1.82, 2.24) is 4.90 Å². The summed E-state index contributed by atoms with van der Waals surface area (Å²) >= 11 is 0. The number of anilines is 1. The van der Waals surface area contributed by atoms with E-state index in [-0.39, 0.29) is 11.6 Å². The molecule has 0 aromatic heterocycles. The third-order valence-corrected chi connectivity index (χ3v) is 2.84. The smallest absolute Gasteiger partial charge is 0.335 e. The van der Waals surface area contributed by atoms with Gasteiger partial charge in [-0.05, 0) is 36.1 Å². The number of nitrogens with zero attached hydrogens (tertiary/aromatic N) is 1. The third kappa shape index (κ3) is 5.85. The first-order valence-corrected chi connectivity index (χ1v) is 7.19. The third-order valence-electron chi connectivity index (χ3n) is 2.84. The fourth-order valence-corrected chi connectivity index (χ4v) is 2.02. The zero-order chi connectivity index (χ0) is 16.0. The van der Waals surface area contributed by atoms with Crippen molar-refractivity contribution < 1.29 is 14.7 Å². The van der Waals surface area contributed by atoms with Crippen LogP contribution in [0.3, 0.4) is 0 Å². The maximum absolute atomic E-state index is 12.3. The minimum absolute atomic E-state index is 0.152. The Bertz CT molecular complexity index is 471. The maximum atomic E-state index is 12.3. The predicted molar refractivity (Wildman–Crippen MR) is 83.7 cm³/mol. The van der Waals surface area contributed by atoms with Crippen LogP contribution in [0.4, 0.5) is 10.5 Å². The Hall–Kier alpha value is -2.04. The number of amides is 2. The molecule has 0 radical (unpaired) electrons. The highest BCUT2D eigenvalue weighted by Crippen LogP contribution is 2.12. The molecule has 2 N–H and O–H groups in total. The summed E-state index contributed by atoms with van der Waals surface area (Å²) in [5.74, 6) is -0.193. The Morgan fingerprint density at radius 2 is 1.52 bits per heavy atom. The fourth-order valence-electron chi connectivity index (χ4n) is 2.02. The van der Waals surface area contributed by atoms with Crippen LogP contribution >= 0.6 is 0 Å². The van der Waals surface area contributed by atoms with Crippen LogP contribution < -0.4 is 5.32 Å². The highest BCUT2D eigenvalue weighted by molar-refractivity contribution is 5.91. The molecule has 0 spiro atoms. The quantitative estimate of drug-likeness (QED) is 0.842. The number of carboxylic acids is 1. The van der Waals surface area contributed by atoms with Gasteiger partial charge in [0.25, 0.3) is 0 Å². The number of urea groups is 1. The summed E-state index contributed by atoms with van der Waals surface area (Å²) in [6.45, 7) is 9.67. The van der Waals surface area contributed by atoms with E-state index in [1.807, 2.05) is 0 Å². The predicted octanol–water partition coefficient (Wildman–Crippen LogP) is 3.53. The molecule has 0 aliphatic rings. The van der Waals surface area contributed by atoms with Crippen molar-refractivity contribution in [1.29, 1.82) is 0 Å². The Morgan fingerprint density at radius 1 is 1.05 bits per heavy atom. The summed E-state index contributed by atoms with van der Waals surface area (Å²) in [4.78, 5) is 24.9. The molecule has 0 bridgehead atoms. The second kappa shape index (κ2) is 7.67. The van der Waals surface area contributed by atoms with Crippen molar-refractivity contribution in [3.63, 3.8) is 0 Å². The average molecular weight is 292 g/mol. The van der Waals surface area contributed by atoms with Gasteiger partial charge in [-0.2, -0.15) is 0 Å². The lowest BCUT2D eigenvalue weighted by molar-refractivity contribution is 0.0697. The Balaban J connectivity index is 2.73. The largest absolute Gasteiger partial charge is 0.478 e. The van der Waals surface area contributed by atoms with Gasteiger partial charge in [0, 0.05) is 18.8 Å². The zero-order valence-electron chi connectivity index (χ0n) is 13.1. The topological polar surface area (TPSA) is 69.6 Å². The van der Waals surface area contributed by atoms with Crippen LogP contribution in [-0.4, -0.2) is 35.1 Å². The van der Waals surface area contributed by atoms with E-state index in [4.69, 9.17) is 5.11 Å². The molecule has 0 heterocycles. The van der Waals surface area contributed by atoms with Crippen molar-refractivity contribution in [3.05, 3.63) is 29.8 Å². The van der Waals surface area contributed by atoms with E-state index in [2.05, 4.69) is 33.0 Å². The minimum Gasteiger partial charge on any atom is -0.478 e. The van der Waals surface area contributed by atoms with Crippen molar-refractivity contribution in [3.8, 4) is 0 Å². The fraction of sp³-hybridized carbons (Fsp3) is 0.500. The van der Waals surface area contributed by atoms with E-state index >= 15 is 0 Å². The van der Waals surface area contributed by atoms with Crippen molar-refractivity contribution in [2.24, 2.45) is 11.8 Å². The summed E-state index contributed by atoms with van der Waals surface area (Å²) < 4.78 is 0. The first-order chi connectivity index (χ1) is 9.79. The van der Waals surface area contributed by atoms with Crippen LogP contribution in [0.2, 0.25) is 0 Å². The molecule has 5 heteroatoms. The van der Waals surface area contributed by atoms with Crippen molar-refractivity contribution in [2.75, 3.05) is 18.4 Å². The average Bonchev–Trinajstić information content (AvgIpc) is 2.37. The van der Waals surface area contributed by atoms with Gasteiger partial charge < -0.3 is 15.3 Å². The molecule has 0 fully saturated rings. The zero-order valence-corrected chi connectivity index (χ0v) is 13.1. The molecule has 1 aromatic rings. The standard InChI is InChI=1S/C16H24N2O3/c1-11(2)9-18(10-12(3)4)16(21)17-14-7-5-13(6-8-14)15(19)20/h5-8,11-12H,9-10H2,1-4H3,(H,17,21)(H,19,20). The van der Waals surface area contributed by atoms with E-state index in [0.717, 1.165) is 0 Å². The Morgan fingerprint density at radius 3 is 1.90 bits per heavy atom. The van der Waals surface area contributed by atoms with Crippen LogP contribution in [0.25, 0.3) is 0 Å². The summed E-state index contributed by atoms with van der Waals surface area (Å²) in [5.41, 5.74) is 0.803. The van der Waals surface area contributed by atoms with Gasteiger partial charge in [-0.15, -0.1) is 0 Å². The number of carbonyl (C=O) groups is 2. The van der Waals surface area contributed by atoms with E-state index in [1.54, 1.807) is 17.0 Å². The Kier molecular flexibility index (Phi) is 6.21. The van der Waals surface area contributed by atoms with Gasteiger partial charge in [-0.25, -0.2) is 9.59 Å². The normalized spacial score (nSPS) is 10.8. The van der Waals surface area contributed by atoms with E-state index in [0.29, 0.717) is 30.6 Å². The molecule has 21 heavy (non-hydrogen) atoms. The molecule has 0 saturated carbocycles. The molecule has 1 aromatic carbocycles. The van der Waals surface area contributed by atoms with Crippen LogP contribution in [0.15, 0.2) is 24.3 Å². The molecule has 116 valence electrons. The van der Waals surface area contributed by atoms with Crippen LogP contribution in [-0.2, 0) is 0 Å². The first-order valence-electron chi connectivity index (χ1n) is 7.19. The lowest BCUT2D eigenvalue weighted by Crippen LogP contribution is -2.39. The van der Waals surface area contributed by atoms with Gasteiger partial charge in [0.15, 0.2) is 0 Å². The van der Waals surface area contributed by atoms with Gasteiger partial charge >= 0.3 is 12.0 Å². The number of nitrogens with one attached hydrogen (secondary N) is 1. The molecule has 2 amide bonds. The van der Waals surface area contributed by atoms with Crippen LogP contribution in [0.5, 0.6) is 0 Å². The second-order valence-corrected chi connectivity index (χ2v) is 6.01. The minimum atomic E-state index is -0.978. The number of hydrogen-bond donors (Lipinski definition) is 2. The molecule has 5 nitrogen and oxygen atoms in total. The number of rotatable bonds is 6. The van der Waals surface area contributed by atoms with Gasteiger partial charge in [0.05, 0.1) is 5.56 Å². The Labute approximate surface area is 126 Å². The number of carboxylic acid groups (broad SMARTS) is 1. The van der Waals surface area contributed by atoms with E-state index < -0.39 is 5.97 Å². The number of hydrogen-bond acceptors (Lipinski definition) is 2. The van der Waals surface area contributed by atoms with Crippen molar-refractivity contribution >= 4 is 17.7 Å². The number of carbonyl (C=O) groups excluding carboxylic acids is 1. The van der Waals surface area contributed by atoms with Gasteiger partial charge in [0.2, 0.25) is 0 Å².